The van der Waals surface area contributed by atoms with Gasteiger partial charge >= 0.3 is 5.97 Å². The molecule has 2 N–H and O–H groups in total. The first-order valence-corrected chi connectivity index (χ1v) is 12.3. The normalized spacial score (nSPS) is 12.8. The molecule has 2 aromatic carbocycles. The van der Waals surface area contributed by atoms with E-state index in [1.165, 1.54) is 28.8 Å². The van der Waals surface area contributed by atoms with Crippen LogP contribution in [0.4, 0.5) is 8.78 Å². The van der Waals surface area contributed by atoms with Crippen molar-refractivity contribution in [2.45, 2.75) is 64.5 Å². The lowest BCUT2D eigenvalue weighted by molar-refractivity contribution is -0.138. The molecule has 1 heterocycles. The Hall–Kier alpha value is -3.81. The molecule has 0 aliphatic heterocycles. The van der Waals surface area contributed by atoms with Crippen LogP contribution in [-0.2, 0) is 16.0 Å². The molecule has 3 aromatic rings. The van der Waals surface area contributed by atoms with Crippen molar-refractivity contribution in [2.24, 2.45) is 0 Å². The summed E-state index contributed by atoms with van der Waals surface area (Å²) in [5, 5.41) is 12.2. The average molecular weight is 511 g/mol. The number of aryl methyl sites for hydroxylation is 1. The highest BCUT2D eigenvalue weighted by Gasteiger charge is 2.27. The lowest BCUT2D eigenvalue weighted by atomic mass is 9.99. The van der Waals surface area contributed by atoms with Crippen LogP contribution in [0.2, 0.25) is 0 Å². The third-order valence-electron chi connectivity index (χ3n) is 6.22. The van der Waals surface area contributed by atoms with Gasteiger partial charge in [-0.25, -0.2) is 8.78 Å². The number of aromatic nitrogens is 1. The number of halogens is 2. The van der Waals surface area contributed by atoms with Crippen LogP contribution in [0.1, 0.15) is 78.9 Å². The van der Waals surface area contributed by atoms with Gasteiger partial charge in [0, 0.05) is 23.7 Å². The number of carboxylic acids is 1. The van der Waals surface area contributed by atoms with Crippen molar-refractivity contribution in [3.05, 3.63) is 105 Å². The number of pyridine rings is 1. The maximum absolute atomic E-state index is 13.6. The van der Waals surface area contributed by atoms with Gasteiger partial charge in [-0.1, -0.05) is 68.3 Å². The molecule has 1 aromatic heterocycles. The average Bonchev–Trinajstić information content (AvgIpc) is 2.86. The van der Waals surface area contributed by atoms with Crippen molar-refractivity contribution < 1.29 is 23.5 Å². The summed E-state index contributed by atoms with van der Waals surface area (Å²) in [7, 11) is 0. The number of carbonyl (C=O) groups excluding carboxylic acids is 1. The summed E-state index contributed by atoms with van der Waals surface area (Å²) in [5.41, 5.74) is 2.04. The van der Waals surface area contributed by atoms with Gasteiger partial charge in [0.25, 0.3) is 12.0 Å². The van der Waals surface area contributed by atoms with E-state index >= 15 is 0 Å². The second kappa shape index (κ2) is 12.9. The van der Waals surface area contributed by atoms with Crippen LogP contribution in [0.5, 0.6) is 0 Å². The molecule has 0 fully saturated rings. The highest BCUT2D eigenvalue weighted by Crippen LogP contribution is 2.26. The molecular weight excluding hydrogens is 478 g/mol. The number of benzene rings is 2. The molecule has 196 valence electrons. The number of alkyl halides is 2. The molecule has 0 bridgehead atoms. The molecule has 0 aliphatic rings. The zero-order chi connectivity index (χ0) is 26.9. The van der Waals surface area contributed by atoms with Gasteiger partial charge in [-0.05, 0) is 42.2 Å². The van der Waals surface area contributed by atoms with Crippen LogP contribution < -0.4 is 10.9 Å². The first kappa shape index (κ1) is 27.8. The third kappa shape index (κ3) is 7.59. The Labute approximate surface area is 215 Å². The largest absolute Gasteiger partial charge is 0.481 e. The standard InChI is InChI=1S/C29H32F2N2O4/c1-3-4-13-25(33-18-19(2)14-23(29(33)37)15-20-9-6-5-7-10-20)28(36)32-24(17-26(34)35)21-11-8-12-22(16-21)27(30)31/h5-12,14,16,18,24-25,27H,3-4,13,15,17H2,1-2H3,(H,32,36)(H,34,35)/t24-,25?/m0/s1. The van der Waals surface area contributed by atoms with E-state index in [1.54, 1.807) is 6.20 Å². The Morgan fingerprint density at radius 1 is 1.03 bits per heavy atom. The van der Waals surface area contributed by atoms with E-state index in [0.29, 0.717) is 24.8 Å². The second-order valence-corrected chi connectivity index (χ2v) is 9.21. The molecule has 3 rings (SSSR count). The number of hydrogen-bond donors (Lipinski definition) is 2. The van der Waals surface area contributed by atoms with E-state index in [1.807, 2.05) is 50.2 Å². The van der Waals surface area contributed by atoms with Crippen LogP contribution in [-0.4, -0.2) is 21.6 Å². The first-order chi connectivity index (χ1) is 17.7. The summed E-state index contributed by atoms with van der Waals surface area (Å²) in [6, 6.07) is 14.8. The Kier molecular flexibility index (Phi) is 9.71. The van der Waals surface area contributed by atoms with Crippen LogP contribution in [0.15, 0.2) is 71.7 Å². The maximum atomic E-state index is 13.6. The van der Waals surface area contributed by atoms with Crippen LogP contribution in [0.3, 0.4) is 0 Å². The molecule has 0 radical (unpaired) electrons. The fourth-order valence-electron chi connectivity index (χ4n) is 4.39. The fraction of sp³-hybridized carbons (Fsp3) is 0.345. The van der Waals surface area contributed by atoms with Crippen LogP contribution >= 0.6 is 0 Å². The molecule has 1 amide bonds. The number of carboxylic acid groups (broad SMARTS) is 1. The zero-order valence-corrected chi connectivity index (χ0v) is 21.0. The third-order valence-corrected chi connectivity index (χ3v) is 6.22. The number of nitrogens with zero attached hydrogens (tertiary/aromatic N) is 1. The van der Waals surface area contributed by atoms with Crippen molar-refractivity contribution in [2.75, 3.05) is 0 Å². The Morgan fingerprint density at radius 3 is 2.38 bits per heavy atom. The minimum Gasteiger partial charge on any atom is -0.481 e. The summed E-state index contributed by atoms with van der Waals surface area (Å²) in [4.78, 5) is 38.6. The number of carbonyl (C=O) groups is 2. The first-order valence-electron chi connectivity index (χ1n) is 12.3. The molecule has 37 heavy (non-hydrogen) atoms. The predicted molar refractivity (Wildman–Crippen MR) is 138 cm³/mol. The SMILES string of the molecule is CCCCC(C(=O)N[C@@H](CC(=O)O)c1cccc(C(F)F)c1)n1cc(C)cc(Cc2ccccc2)c1=O. The van der Waals surface area contributed by atoms with Gasteiger partial charge in [-0.3, -0.25) is 14.4 Å². The maximum Gasteiger partial charge on any atom is 0.305 e. The van der Waals surface area contributed by atoms with Gasteiger partial charge in [0.1, 0.15) is 6.04 Å². The van der Waals surface area contributed by atoms with Crippen molar-refractivity contribution >= 4 is 11.9 Å². The van der Waals surface area contributed by atoms with Gasteiger partial charge in [-0.15, -0.1) is 0 Å². The zero-order valence-electron chi connectivity index (χ0n) is 21.0. The van der Waals surface area contributed by atoms with E-state index in [4.69, 9.17) is 0 Å². The van der Waals surface area contributed by atoms with E-state index in [2.05, 4.69) is 5.32 Å². The summed E-state index contributed by atoms with van der Waals surface area (Å²) >= 11 is 0. The predicted octanol–water partition coefficient (Wildman–Crippen LogP) is 5.75. The molecule has 0 aliphatic carbocycles. The van der Waals surface area contributed by atoms with E-state index in [9.17, 15) is 28.3 Å². The Balaban J connectivity index is 1.97. The fourth-order valence-corrected chi connectivity index (χ4v) is 4.39. The minimum absolute atomic E-state index is 0.259. The number of aliphatic carboxylic acids is 1. The van der Waals surface area contributed by atoms with Gasteiger partial charge in [0.15, 0.2) is 0 Å². The number of nitrogens with one attached hydrogen (secondary N) is 1. The smallest absolute Gasteiger partial charge is 0.305 e. The van der Waals surface area contributed by atoms with Crippen molar-refractivity contribution in [1.29, 1.82) is 0 Å². The molecule has 2 atom stereocenters. The molecule has 8 heteroatoms. The molecule has 0 saturated carbocycles. The van der Waals surface area contributed by atoms with E-state index < -0.39 is 36.8 Å². The highest BCUT2D eigenvalue weighted by molar-refractivity contribution is 5.81. The van der Waals surface area contributed by atoms with Gasteiger partial charge in [0.2, 0.25) is 5.91 Å². The highest BCUT2D eigenvalue weighted by atomic mass is 19.3. The molecule has 0 saturated heterocycles. The number of rotatable bonds is 12. The lowest BCUT2D eigenvalue weighted by Crippen LogP contribution is -2.40. The quantitative estimate of drug-likeness (QED) is 0.325. The Bertz CT molecular complexity index is 1270. The summed E-state index contributed by atoms with van der Waals surface area (Å²) in [6.07, 6.45) is 0.653. The molecular formula is C29H32F2N2O4. The van der Waals surface area contributed by atoms with E-state index in [-0.39, 0.29) is 16.7 Å². The van der Waals surface area contributed by atoms with Gasteiger partial charge < -0.3 is 15.0 Å². The van der Waals surface area contributed by atoms with Crippen molar-refractivity contribution in [3.8, 4) is 0 Å². The second-order valence-electron chi connectivity index (χ2n) is 9.21. The van der Waals surface area contributed by atoms with Crippen molar-refractivity contribution in [3.63, 3.8) is 0 Å². The number of hydrogen-bond acceptors (Lipinski definition) is 3. The molecule has 0 spiro atoms. The monoisotopic (exact) mass is 510 g/mol. The topological polar surface area (TPSA) is 88.4 Å². The molecule has 1 unspecified atom stereocenters. The summed E-state index contributed by atoms with van der Waals surface area (Å²) < 4.78 is 27.9. The van der Waals surface area contributed by atoms with Gasteiger partial charge in [0.05, 0.1) is 12.5 Å². The summed E-state index contributed by atoms with van der Waals surface area (Å²) in [6.45, 7) is 3.82. The number of unbranched alkanes of at least 4 members (excludes halogenated alkanes) is 1. The number of amides is 1. The van der Waals surface area contributed by atoms with Gasteiger partial charge in [-0.2, -0.15) is 0 Å². The lowest BCUT2D eigenvalue weighted by Gasteiger charge is -2.25. The Morgan fingerprint density at radius 2 is 1.73 bits per heavy atom. The van der Waals surface area contributed by atoms with Crippen LogP contribution in [0, 0.1) is 6.92 Å². The van der Waals surface area contributed by atoms with E-state index in [0.717, 1.165) is 17.5 Å². The minimum atomic E-state index is -2.73. The molecule has 6 nitrogen and oxygen atoms in total. The summed E-state index contributed by atoms with van der Waals surface area (Å²) in [5.74, 6) is -1.71. The van der Waals surface area contributed by atoms with Crippen molar-refractivity contribution in [1.82, 2.24) is 9.88 Å². The van der Waals surface area contributed by atoms with Crippen LogP contribution in [0.25, 0.3) is 0 Å².